The fourth-order valence-electron chi connectivity index (χ4n) is 3.34. The van der Waals surface area contributed by atoms with E-state index in [4.69, 9.17) is 61.0 Å². The van der Waals surface area contributed by atoms with E-state index in [-0.39, 0.29) is 5.91 Å². The lowest BCUT2D eigenvalue weighted by Crippen LogP contribution is -2.47. The van der Waals surface area contributed by atoms with Crippen LogP contribution in [0.15, 0.2) is 57.6 Å². The average Bonchev–Trinajstić information content (AvgIpc) is 2.92. The number of ether oxygens (including phenoxy) is 2. The number of pyridine rings is 1. The monoisotopic (exact) mass is 770 g/mol. The number of amides is 1. The average molecular weight is 774 g/mol. The van der Waals surface area contributed by atoms with Crippen LogP contribution in [0.2, 0.25) is 20.1 Å². The summed E-state index contributed by atoms with van der Waals surface area (Å²) in [7, 11) is 0. The van der Waals surface area contributed by atoms with Gasteiger partial charge in [-0.05, 0) is 70.7 Å². The Hall–Kier alpha value is -1.75. The molecule has 7 nitrogen and oxygen atoms in total. The number of rotatable bonds is 10. The minimum atomic E-state index is -1.02. The first-order chi connectivity index (χ1) is 19.2. The van der Waals surface area contributed by atoms with Crippen LogP contribution < -0.4 is 14.8 Å². The molecule has 0 radical (unpaired) electrons. The van der Waals surface area contributed by atoms with E-state index in [2.05, 4.69) is 42.2 Å². The van der Waals surface area contributed by atoms with Crippen molar-refractivity contribution in [3.8, 4) is 11.5 Å². The lowest BCUT2D eigenvalue weighted by Gasteiger charge is -2.28. The second kappa shape index (κ2) is 16.2. The molecule has 0 aliphatic carbocycles. The molecule has 0 bridgehead atoms. The molecule has 0 aliphatic rings. The minimum Gasteiger partial charge on any atom is -0.481 e. The Labute approximate surface area is 276 Å². The molecule has 0 fully saturated rings. The number of halogens is 6. The highest BCUT2D eigenvalue weighted by Gasteiger charge is 2.29. The molecular formula is C28H28Br2Cl4N2O5. The number of carbonyl (C=O) groups excluding carboxylic acids is 1. The van der Waals surface area contributed by atoms with Gasteiger partial charge in [0.25, 0.3) is 5.91 Å². The maximum absolute atomic E-state index is 12.7. The summed E-state index contributed by atoms with van der Waals surface area (Å²) in [6.45, 7) is 7.39. The predicted molar refractivity (Wildman–Crippen MR) is 171 cm³/mol. The van der Waals surface area contributed by atoms with Crippen molar-refractivity contribution in [2.45, 2.75) is 58.3 Å². The molecule has 0 saturated heterocycles. The standard InChI is InChI=1S/C18H19BrCl2N2O2.C10H9BrCl2O3/c1-4-14(25-11-9-12(20)16(19)13(21)10-11)17(24)23-18(2,3)15-7-5-6-8-22-15;1-2-8(10(14)15)16-5-3-6(12)9(11)7(13)4-5/h5-10,14H,4H2,1-3H3,(H,23,24);3-4,8H,2H2,1H3,(H,14,15). The molecular weight excluding hydrogens is 746 g/mol. The molecule has 2 aromatic carbocycles. The zero-order chi connectivity index (χ0) is 30.9. The number of nitrogens with one attached hydrogen (secondary N) is 1. The summed E-state index contributed by atoms with van der Waals surface area (Å²) in [4.78, 5) is 27.7. The van der Waals surface area contributed by atoms with E-state index >= 15 is 0 Å². The molecule has 0 spiro atoms. The molecule has 2 unspecified atom stereocenters. The van der Waals surface area contributed by atoms with E-state index in [0.29, 0.717) is 53.4 Å². The first-order valence-corrected chi connectivity index (χ1v) is 15.4. The Kier molecular flexibility index (Phi) is 14.0. The fraction of sp³-hybridized carbons (Fsp3) is 0.321. The molecule has 0 saturated carbocycles. The van der Waals surface area contributed by atoms with Crippen LogP contribution in [0.25, 0.3) is 0 Å². The van der Waals surface area contributed by atoms with Gasteiger partial charge in [0.1, 0.15) is 11.5 Å². The third kappa shape index (κ3) is 10.5. The topological polar surface area (TPSA) is 97.8 Å². The van der Waals surface area contributed by atoms with Crippen LogP contribution in [-0.2, 0) is 15.1 Å². The van der Waals surface area contributed by atoms with Gasteiger partial charge in [-0.3, -0.25) is 9.78 Å². The van der Waals surface area contributed by atoms with Crippen molar-refractivity contribution in [2.24, 2.45) is 0 Å². The third-order valence-corrected chi connectivity index (χ3v) is 9.34. The largest absolute Gasteiger partial charge is 0.481 e. The van der Waals surface area contributed by atoms with Gasteiger partial charge in [-0.2, -0.15) is 0 Å². The molecule has 2 N–H and O–H groups in total. The molecule has 1 heterocycles. The summed E-state index contributed by atoms with van der Waals surface area (Å²) in [5, 5.41) is 13.4. The number of hydrogen-bond donors (Lipinski definition) is 2. The Bertz CT molecular complexity index is 1320. The van der Waals surface area contributed by atoms with Gasteiger partial charge < -0.3 is 19.9 Å². The lowest BCUT2D eigenvalue weighted by molar-refractivity contribution is -0.145. The van der Waals surface area contributed by atoms with Gasteiger partial charge in [-0.25, -0.2) is 4.79 Å². The quantitative estimate of drug-likeness (QED) is 0.200. The van der Waals surface area contributed by atoms with Crippen molar-refractivity contribution < 1.29 is 24.2 Å². The number of carbonyl (C=O) groups is 2. The van der Waals surface area contributed by atoms with Gasteiger partial charge >= 0.3 is 5.97 Å². The van der Waals surface area contributed by atoms with Crippen molar-refractivity contribution in [2.75, 3.05) is 0 Å². The van der Waals surface area contributed by atoms with Crippen molar-refractivity contribution in [1.29, 1.82) is 0 Å². The molecule has 3 aromatic rings. The number of aliphatic carboxylic acids is 1. The molecule has 2 atom stereocenters. The molecule has 0 aliphatic heterocycles. The van der Waals surface area contributed by atoms with Crippen molar-refractivity contribution in [3.05, 3.63) is 83.4 Å². The van der Waals surface area contributed by atoms with Crippen LogP contribution in [0.3, 0.4) is 0 Å². The van der Waals surface area contributed by atoms with Gasteiger partial charge in [-0.15, -0.1) is 0 Å². The van der Waals surface area contributed by atoms with Gasteiger partial charge in [0.2, 0.25) is 0 Å². The van der Waals surface area contributed by atoms with Crippen LogP contribution >= 0.6 is 78.3 Å². The summed E-state index contributed by atoms with van der Waals surface area (Å²) >= 11 is 30.4. The second-order valence-electron chi connectivity index (χ2n) is 9.10. The Balaban J connectivity index is 0.000000317. The number of hydrogen-bond acceptors (Lipinski definition) is 5. The first-order valence-electron chi connectivity index (χ1n) is 12.3. The van der Waals surface area contributed by atoms with Crippen LogP contribution in [0, 0.1) is 0 Å². The maximum atomic E-state index is 12.7. The number of benzene rings is 2. The van der Waals surface area contributed by atoms with Gasteiger partial charge in [0.05, 0.1) is 40.3 Å². The lowest BCUT2D eigenvalue weighted by atomic mass is 9.99. The van der Waals surface area contributed by atoms with E-state index in [1.54, 1.807) is 25.3 Å². The third-order valence-electron chi connectivity index (χ3n) is 5.52. The summed E-state index contributed by atoms with van der Waals surface area (Å²) < 4.78 is 12.2. The first kappa shape index (κ1) is 35.4. The Morgan fingerprint density at radius 3 is 1.68 bits per heavy atom. The van der Waals surface area contributed by atoms with Gasteiger partial charge in [0, 0.05) is 30.5 Å². The number of carboxylic acid groups (broad SMARTS) is 1. The SMILES string of the molecule is CCC(Oc1cc(Cl)c(Br)c(Cl)c1)C(=O)NC(C)(C)c1ccccn1.CCC(Oc1cc(Cl)c(Br)c(Cl)c1)C(=O)O. The van der Waals surface area contributed by atoms with Crippen LogP contribution in [-0.4, -0.2) is 34.2 Å². The van der Waals surface area contributed by atoms with Crippen LogP contribution in [0.1, 0.15) is 46.2 Å². The minimum absolute atomic E-state index is 0.228. The van der Waals surface area contributed by atoms with Crippen LogP contribution in [0.4, 0.5) is 0 Å². The predicted octanol–water partition coefficient (Wildman–Crippen LogP) is 9.36. The maximum Gasteiger partial charge on any atom is 0.344 e. The van der Waals surface area contributed by atoms with E-state index in [1.165, 1.54) is 12.1 Å². The van der Waals surface area contributed by atoms with E-state index in [9.17, 15) is 9.59 Å². The number of nitrogens with zero attached hydrogens (tertiary/aromatic N) is 1. The number of aromatic nitrogens is 1. The van der Waals surface area contributed by atoms with Gasteiger partial charge in [0.15, 0.2) is 12.2 Å². The van der Waals surface area contributed by atoms with E-state index in [0.717, 1.165) is 5.69 Å². The normalized spacial score (nSPS) is 12.4. The molecule has 1 amide bonds. The Morgan fingerprint density at radius 1 is 0.878 bits per heavy atom. The summed E-state index contributed by atoms with van der Waals surface area (Å²) in [5.74, 6) is -0.464. The molecule has 1 aromatic heterocycles. The Morgan fingerprint density at radius 2 is 1.32 bits per heavy atom. The zero-order valence-electron chi connectivity index (χ0n) is 22.5. The zero-order valence-corrected chi connectivity index (χ0v) is 28.7. The molecule has 3 rings (SSSR count). The fourth-order valence-corrected chi connectivity index (χ4v) is 4.74. The second-order valence-corrected chi connectivity index (χ2v) is 12.3. The number of carboxylic acids is 1. The van der Waals surface area contributed by atoms with Gasteiger partial charge in [-0.1, -0.05) is 66.3 Å². The highest BCUT2D eigenvalue weighted by atomic mass is 79.9. The van der Waals surface area contributed by atoms with Crippen LogP contribution in [0.5, 0.6) is 11.5 Å². The highest BCUT2D eigenvalue weighted by Crippen LogP contribution is 2.36. The summed E-state index contributed by atoms with van der Waals surface area (Å²) in [5.41, 5.74) is 0.150. The molecule has 41 heavy (non-hydrogen) atoms. The smallest absolute Gasteiger partial charge is 0.344 e. The highest BCUT2D eigenvalue weighted by molar-refractivity contribution is 9.11. The van der Waals surface area contributed by atoms with E-state index < -0.39 is 23.7 Å². The molecule has 13 heteroatoms. The van der Waals surface area contributed by atoms with Crippen molar-refractivity contribution in [1.82, 2.24) is 10.3 Å². The summed E-state index contributed by atoms with van der Waals surface area (Å²) in [6, 6.07) is 11.9. The van der Waals surface area contributed by atoms with E-state index in [1.807, 2.05) is 39.0 Å². The van der Waals surface area contributed by atoms with Crippen molar-refractivity contribution >= 4 is 90.1 Å². The summed E-state index contributed by atoms with van der Waals surface area (Å²) in [6.07, 6.45) is 0.989. The molecule has 222 valence electrons. The van der Waals surface area contributed by atoms with Crippen molar-refractivity contribution in [3.63, 3.8) is 0 Å².